The number of rotatable bonds is 8. The van der Waals surface area contributed by atoms with Gasteiger partial charge in [-0.2, -0.15) is 0 Å². The van der Waals surface area contributed by atoms with Crippen LogP contribution in [0.1, 0.15) is 30.5 Å². The first-order chi connectivity index (χ1) is 14.5. The van der Waals surface area contributed by atoms with Gasteiger partial charge in [0.2, 0.25) is 0 Å². The van der Waals surface area contributed by atoms with Gasteiger partial charge in [0.1, 0.15) is 17.7 Å². The Bertz CT molecular complexity index is 802. The van der Waals surface area contributed by atoms with E-state index in [1.54, 1.807) is 30.5 Å². The number of hydrogen-bond acceptors (Lipinski definition) is 5. The number of nitrogens with zero attached hydrogens (tertiary/aromatic N) is 3. The highest BCUT2D eigenvalue weighted by atomic mass is 32.1. The minimum atomic E-state index is -0.262. The molecule has 1 fully saturated rings. The van der Waals surface area contributed by atoms with Gasteiger partial charge in [-0.25, -0.2) is 9.37 Å². The highest BCUT2D eigenvalue weighted by Gasteiger charge is 2.20. The maximum atomic E-state index is 13.0. The second-order valence-corrected chi connectivity index (χ2v) is 8.86. The summed E-state index contributed by atoms with van der Waals surface area (Å²) in [6, 6.07) is 6.08. The van der Waals surface area contributed by atoms with Gasteiger partial charge >= 0.3 is 0 Å². The van der Waals surface area contributed by atoms with Gasteiger partial charge in [0, 0.05) is 25.5 Å². The van der Waals surface area contributed by atoms with Gasteiger partial charge in [0.25, 0.3) is 0 Å². The Morgan fingerprint density at radius 2 is 2.03 bits per heavy atom. The third-order valence-corrected chi connectivity index (χ3v) is 6.07. The number of halogens is 1. The molecule has 2 heterocycles. The van der Waals surface area contributed by atoms with Gasteiger partial charge in [0.05, 0.1) is 17.2 Å². The van der Waals surface area contributed by atoms with E-state index >= 15 is 0 Å². The van der Waals surface area contributed by atoms with Crippen molar-refractivity contribution in [2.45, 2.75) is 39.3 Å². The number of thiazole rings is 1. The third-order valence-electron chi connectivity index (χ3n) is 5.25. The summed E-state index contributed by atoms with van der Waals surface area (Å²) in [4.78, 5) is 11.4. The van der Waals surface area contributed by atoms with Crippen LogP contribution < -0.4 is 15.4 Å². The Morgan fingerprint density at radius 1 is 1.30 bits per heavy atom. The molecule has 0 spiro atoms. The van der Waals surface area contributed by atoms with Crippen molar-refractivity contribution in [2.24, 2.45) is 10.9 Å². The zero-order chi connectivity index (χ0) is 21.3. The van der Waals surface area contributed by atoms with Crippen molar-refractivity contribution >= 4 is 17.3 Å². The molecule has 0 amide bonds. The van der Waals surface area contributed by atoms with Crippen molar-refractivity contribution in [1.29, 1.82) is 0 Å². The lowest BCUT2D eigenvalue weighted by atomic mass is 9.97. The van der Waals surface area contributed by atoms with Crippen LogP contribution in [0.4, 0.5) is 4.39 Å². The Morgan fingerprint density at radius 3 is 2.67 bits per heavy atom. The average Bonchev–Trinajstić information content (AvgIpc) is 3.15. The maximum Gasteiger partial charge on any atom is 0.191 e. The summed E-state index contributed by atoms with van der Waals surface area (Å²) >= 11 is 1.72. The molecular weight excluding hydrogens is 401 g/mol. The lowest BCUT2D eigenvalue weighted by Gasteiger charge is -2.31. The van der Waals surface area contributed by atoms with Crippen LogP contribution in [0.5, 0.6) is 5.75 Å². The molecule has 0 aliphatic carbocycles. The molecule has 1 saturated heterocycles. The smallest absolute Gasteiger partial charge is 0.191 e. The number of nitrogens with one attached hydrogen (secondary N) is 2. The minimum Gasteiger partial charge on any atom is -0.489 e. The molecule has 2 aromatic rings. The number of likely N-dealkylation sites (tertiary alicyclic amines) is 1. The number of benzene rings is 1. The Hall–Kier alpha value is -2.19. The molecule has 1 aromatic heterocycles. The van der Waals surface area contributed by atoms with Crippen LogP contribution >= 0.6 is 11.3 Å². The highest BCUT2D eigenvalue weighted by molar-refractivity contribution is 7.09. The van der Waals surface area contributed by atoms with Gasteiger partial charge in [-0.3, -0.25) is 9.89 Å². The molecule has 0 bridgehead atoms. The van der Waals surface area contributed by atoms with Crippen LogP contribution in [0.3, 0.4) is 0 Å². The highest BCUT2D eigenvalue weighted by Crippen LogP contribution is 2.19. The number of hydrogen-bond donors (Lipinski definition) is 2. The first kappa shape index (κ1) is 22.5. The Balaban J connectivity index is 1.33. The fraction of sp³-hybridized carbons (Fsp3) is 0.545. The standard InChI is InChI=1S/C22H32FN5OS/c1-16(29-21-6-4-19(23)5-7-21)12-25-22(24-3)26-13-18-8-10-28(11-9-18)14-20-15-30-17(2)27-20/h4-7,15-16,18H,8-14H2,1-3H3,(H2,24,25,26). The number of aryl methyl sites for hydroxylation is 1. The third kappa shape index (κ3) is 7.25. The van der Waals surface area contributed by atoms with E-state index in [-0.39, 0.29) is 11.9 Å². The zero-order valence-electron chi connectivity index (χ0n) is 18.0. The number of aliphatic imine (C=N–C) groups is 1. The van der Waals surface area contributed by atoms with Crippen LogP contribution in [-0.2, 0) is 6.54 Å². The SMILES string of the molecule is CN=C(NCC1CCN(Cc2csc(C)n2)CC1)NCC(C)Oc1ccc(F)cc1. The van der Waals surface area contributed by atoms with E-state index in [0.717, 1.165) is 37.1 Å². The lowest BCUT2D eigenvalue weighted by Crippen LogP contribution is -2.45. The second-order valence-electron chi connectivity index (χ2n) is 7.79. The summed E-state index contributed by atoms with van der Waals surface area (Å²) in [6.07, 6.45) is 2.29. The van der Waals surface area contributed by atoms with Crippen LogP contribution in [0.2, 0.25) is 0 Å². The van der Waals surface area contributed by atoms with E-state index in [1.165, 1.54) is 30.7 Å². The van der Waals surface area contributed by atoms with Crippen molar-refractivity contribution in [1.82, 2.24) is 20.5 Å². The summed E-state index contributed by atoms with van der Waals surface area (Å²) in [6.45, 7) is 8.74. The van der Waals surface area contributed by atoms with Gasteiger partial charge in [-0.15, -0.1) is 11.3 Å². The second kappa shape index (κ2) is 11.3. The minimum absolute atomic E-state index is 0.0633. The van der Waals surface area contributed by atoms with E-state index in [4.69, 9.17) is 4.74 Å². The molecule has 6 nitrogen and oxygen atoms in total. The number of guanidine groups is 1. The predicted molar refractivity (Wildman–Crippen MR) is 121 cm³/mol. The molecule has 3 rings (SSSR count). The van der Waals surface area contributed by atoms with E-state index in [9.17, 15) is 4.39 Å². The van der Waals surface area contributed by atoms with Crippen LogP contribution in [0.15, 0.2) is 34.6 Å². The lowest BCUT2D eigenvalue weighted by molar-refractivity contribution is 0.176. The van der Waals surface area contributed by atoms with Gasteiger partial charge < -0.3 is 15.4 Å². The molecule has 1 atom stereocenters. The van der Waals surface area contributed by atoms with Crippen LogP contribution in [0, 0.1) is 18.7 Å². The average molecular weight is 434 g/mol. The van der Waals surface area contributed by atoms with Crippen molar-refractivity contribution in [3.8, 4) is 5.75 Å². The summed E-state index contributed by atoms with van der Waals surface area (Å²) in [5.74, 6) is 1.82. The van der Waals surface area contributed by atoms with Crippen molar-refractivity contribution in [2.75, 3.05) is 33.2 Å². The molecule has 2 N–H and O–H groups in total. The van der Waals surface area contributed by atoms with Gasteiger partial charge in [-0.05, 0) is 70.0 Å². The molecule has 0 saturated carbocycles. The van der Waals surface area contributed by atoms with E-state index in [2.05, 4.69) is 37.8 Å². The molecule has 0 radical (unpaired) electrons. The fourth-order valence-electron chi connectivity index (χ4n) is 3.55. The summed E-state index contributed by atoms with van der Waals surface area (Å²) in [5, 5.41) is 10.1. The van der Waals surface area contributed by atoms with Crippen LogP contribution in [-0.4, -0.2) is 55.2 Å². The van der Waals surface area contributed by atoms with Gasteiger partial charge in [-0.1, -0.05) is 0 Å². The number of aromatic nitrogens is 1. The predicted octanol–water partition coefficient (Wildman–Crippen LogP) is 3.44. The van der Waals surface area contributed by atoms with Crippen molar-refractivity contribution in [3.05, 3.63) is 46.2 Å². The first-order valence-electron chi connectivity index (χ1n) is 10.5. The maximum absolute atomic E-state index is 13.0. The first-order valence-corrected chi connectivity index (χ1v) is 11.4. The normalized spacial score (nSPS) is 17.0. The number of piperidine rings is 1. The largest absolute Gasteiger partial charge is 0.489 e. The van der Waals surface area contributed by atoms with E-state index < -0.39 is 0 Å². The van der Waals surface area contributed by atoms with Crippen LogP contribution in [0.25, 0.3) is 0 Å². The Labute approximate surface area is 182 Å². The molecule has 1 aliphatic rings. The fourth-order valence-corrected chi connectivity index (χ4v) is 4.15. The van der Waals surface area contributed by atoms with E-state index in [0.29, 0.717) is 18.2 Å². The molecular formula is C22H32FN5OS. The zero-order valence-corrected chi connectivity index (χ0v) is 18.8. The summed E-state index contributed by atoms with van der Waals surface area (Å²) in [5.41, 5.74) is 1.19. The molecule has 1 aromatic carbocycles. The molecule has 30 heavy (non-hydrogen) atoms. The molecule has 1 unspecified atom stereocenters. The summed E-state index contributed by atoms with van der Waals surface area (Å²) in [7, 11) is 1.78. The monoisotopic (exact) mass is 433 g/mol. The molecule has 164 valence electrons. The van der Waals surface area contributed by atoms with Gasteiger partial charge in [0.15, 0.2) is 5.96 Å². The van der Waals surface area contributed by atoms with Crippen molar-refractivity contribution < 1.29 is 9.13 Å². The topological polar surface area (TPSA) is 61.8 Å². The number of ether oxygens (including phenoxy) is 1. The Kier molecular flexibility index (Phi) is 8.45. The quantitative estimate of drug-likeness (QED) is 0.493. The van der Waals surface area contributed by atoms with E-state index in [1.807, 2.05) is 6.92 Å². The van der Waals surface area contributed by atoms with Crippen molar-refractivity contribution in [3.63, 3.8) is 0 Å². The molecule has 1 aliphatic heterocycles. The summed E-state index contributed by atoms with van der Waals surface area (Å²) < 4.78 is 18.8. The molecule has 8 heteroatoms.